The van der Waals surface area contributed by atoms with Gasteiger partial charge in [0.1, 0.15) is 0 Å². The molecule has 0 radical (unpaired) electrons. The number of benzene rings is 2. The molecule has 1 unspecified atom stereocenters. The molecule has 0 aliphatic heterocycles. The number of aliphatic hydroxyl groups excluding tert-OH is 1. The van der Waals surface area contributed by atoms with Crippen LogP contribution in [0.3, 0.4) is 0 Å². The first-order valence-corrected chi connectivity index (χ1v) is 6.89. The topological polar surface area (TPSA) is 50.7 Å². The molecule has 120 valence electrons. The van der Waals surface area contributed by atoms with Crippen molar-refractivity contribution in [2.75, 3.05) is 20.8 Å². The number of methoxy groups -OCH3 is 2. The molecular weight excluding hydrogens is 302 g/mol. The van der Waals surface area contributed by atoms with Gasteiger partial charge in [-0.3, -0.25) is 0 Å². The second-order valence-electron chi connectivity index (χ2n) is 4.75. The molecule has 1 atom stereocenters. The third-order valence-electron chi connectivity index (χ3n) is 3.30. The number of rotatable bonds is 7. The lowest BCUT2D eigenvalue weighted by molar-refractivity contribution is 0.174. The van der Waals surface area contributed by atoms with Crippen molar-refractivity contribution >= 4 is 12.4 Å². The molecule has 2 N–H and O–H groups in total. The predicted molar refractivity (Wildman–Crippen MR) is 89.9 cm³/mol. The average Bonchev–Trinajstić information content (AvgIpc) is 2.55. The molecule has 0 amide bonds. The van der Waals surface area contributed by atoms with E-state index in [1.54, 1.807) is 14.2 Å². The van der Waals surface area contributed by atoms with Crippen LogP contribution in [0.15, 0.2) is 48.5 Å². The lowest BCUT2D eigenvalue weighted by Crippen LogP contribution is -2.21. The predicted octanol–water partition coefficient (Wildman–Crippen LogP) is 2.95. The van der Waals surface area contributed by atoms with Crippen LogP contribution < -0.4 is 14.8 Å². The fourth-order valence-electron chi connectivity index (χ4n) is 2.14. The minimum atomic E-state index is -0.508. The van der Waals surface area contributed by atoms with Crippen LogP contribution >= 0.6 is 12.4 Å². The summed E-state index contributed by atoms with van der Waals surface area (Å²) in [6.07, 6.45) is -0.508. The van der Waals surface area contributed by atoms with Crippen molar-refractivity contribution in [1.82, 2.24) is 5.32 Å². The van der Waals surface area contributed by atoms with Gasteiger partial charge in [0.15, 0.2) is 11.5 Å². The van der Waals surface area contributed by atoms with E-state index in [0.29, 0.717) is 24.6 Å². The molecule has 22 heavy (non-hydrogen) atoms. The summed E-state index contributed by atoms with van der Waals surface area (Å²) in [5, 5.41) is 13.3. The number of hydrogen-bond acceptors (Lipinski definition) is 4. The first kappa shape index (κ1) is 18.3. The minimum absolute atomic E-state index is 0. The maximum atomic E-state index is 10.1. The summed E-state index contributed by atoms with van der Waals surface area (Å²) in [4.78, 5) is 0. The summed E-state index contributed by atoms with van der Waals surface area (Å²) < 4.78 is 10.5. The molecule has 0 aromatic heterocycles. The molecular formula is C17H22ClNO3. The number of ether oxygens (including phenoxy) is 2. The Kier molecular flexibility index (Phi) is 7.74. The van der Waals surface area contributed by atoms with Crippen molar-refractivity contribution in [2.24, 2.45) is 0 Å². The lowest BCUT2D eigenvalue weighted by atomic mass is 10.1. The molecule has 0 aliphatic rings. The van der Waals surface area contributed by atoms with Gasteiger partial charge in [-0.15, -0.1) is 12.4 Å². The Labute approximate surface area is 137 Å². The van der Waals surface area contributed by atoms with Gasteiger partial charge in [-0.05, 0) is 23.3 Å². The van der Waals surface area contributed by atoms with E-state index in [1.165, 1.54) is 0 Å². The molecule has 0 spiro atoms. The Morgan fingerprint density at radius 3 is 2.32 bits per heavy atom. The molecule has 2 rings (SSSR count). The van der Waals surface area contributed by atoms with Crippen molar-refractivity contribution in [1.29, 1.82) is 0 Å². The van der Waals surface area contributed by atoms with Gasteiger partial charge in [-0.25, -0.2) is 0 Å². The van der Waals surface area contributed by atoms with Gasteiger partial charge in [-0.1, -0.05) is 36.4 Å². The van der Waals surface area contributed by atoms with E-state index in [0.717, 1.165) is 11.1 Å². The number of hydrogen-bond donors (Lipinski definition) is 2. The van der Waals surface area contributed by atoms with Gasteiger partial charge in [0.05, 0.1) is 20.3 Å². The van der Waals surface area contributed by atoms with Crippen molar-refractivity contribution in [3.8, 4) is 11.5 Å². The van der Waals surface area contributed by atoms with Crippen molar-refractivity contribution in [3.05, 3.63) is 59.7 Å². The van der Waals surface area contributed by atoms with E-state index in [-0.39, 0.29) is 12.4 Å². The number of halogens is 1. The Balaban J connectivity index is 0.00000242. The third kappa shape index (κ3) is 4.91. The molecule has 0 bridgehead atoms. The fraction of sp³-hybridized carbons (Fsp3) is 0.294. The zero-order chi connectivity index (χ0) is 15.1. The SMILES string of the molecule is COc1ccc(CNCC(O)c2ccccc2)cc1OC.Cl. The average molecular weight is 324 g/mol. The van der Waals surface area contributed by atoms with Crippen molar-refractivity contribution < 1.29 is 14.6 Å². The van der Waals surface area contributed by atoms with Crippen LogP contribution in [0.25, 0.3) is 0 Å². The molecule has 0 heterocycles. The maximum Gasteiger partial charge on any atom is 0.161 e. The molecule has 0 fully saturated rings. The highest BCUT2D eigenvalue weighted by molar-refractivity contribution is 5.85. The molecule has 0 aliphatic carbocycles. The fourth-order valence-corrected chi connectivity index (χ4v) is 2.14. The van der Waals surface area contributed by atoms with Crippen LogP contribution in [-0.4, -0.2) is 25.9 Å². The standard InChI is InChI=1S/C17H21NO3.ClH/c1-20-16-9-8-13(10-17(16)21-2)11-18-12-15(19)14-6-4-3-5-7-14;/h3-10,15,18-19H,11-12H2,1-2H3;1H. The van der Waals surface area contributed by atoms with E-state index in [4.69, 9.17) is 9.47 Å². The van der Waals surface area contributed by atoms with Crippen LogP contribution in [0.4, 0.5) is 0 Å². The van der Waals surface area contributed by atoms with Gasteiger partial charge in [0.2, 0.25) is 0 Å². The highest BCUT2D eigenvalue weighted by atomic mass is 35.5. The van der Waals surface area contributed by atoms with E-state index >= 15 is 0 Å². The van der Waals surface area contributed by atoms with Crippen LogP contribution in [-0.2, 0) is 6.54 Å². The molecule has 2 aromatic carbocycles. The molecule has 5 heteroatoms. The summed E-state index contributed by atoms with van der Waals surface area (Å²) in [7, 11) is 3.24. The normalized spacial score (nSPS) is 11.4. The second-order valence-corrected chi connectivity index (χ2v) is 4.75. The molecule has 0 saturated carbocycles. The monoisotopic (exact) mass is 323 g/mol. The highest BCUT2D eigenvalue weighted by Gasteiger charge is 2.07. The summed E-state index contributed by atoms with van der Waals surface area (Å²) in [6.45, 7) is 1.16. The van der Waals surface area contributed by atoms with E-state index in [2.05, 4.69) is 5.32 Å². The molecule has 4 nitrogen and oxygen atoms in total. The summed E-state index contributed by atoms with van der Waals surface area (Å²) >= 11 is 0. The second kappa shape index (κ2) is 9.30. The number of aliphatic hydroxyl groups is 1. The zero-order valence-electron chi connectivity index (χ0n) is 12.8. The Morgan fingerprint density at radius 2 is 1.68 bits per heavy atom. The first-order chi connectivity index (χ1) is 10.2. The van der Waals surface area contributed by atoms with E-state index in [1.807, 2.05) is 48.5 Å². The highest BCUT2D eigenvalue weighted by Crippen LogP contribution is 2.27. The van der Waals surface area contributed by atoms with E-state index < -0.39 is 6.10 Å². The maximum absolute atomic E-state index is 10.1. The van der Waals surface area contributed by atoms with Gasteiger partial charge in [-0.2, -0.15) is 0 Å². The molecule has 0 saturated heterocycles. The van der Waals surface area contributed by atoms with Crippen LogP contribution in [0.2, 0.25) is 0 Å². The van der Waals surface area contributed by atoms with Crippen LogP contribution in [0, 0.1) is 0 Å². The van der Waals surface area contributed by atoms with Gasteiger partial charge in [0, 0.05) is 13.1 Å². The quantitative estimate of drug-likeness (QED) is 0.822. The number of nitrogens with one attached hydrogen (secondary N) is 1. The zero-order valence-corrected chi connectivity index (χ0v) is 13.6. The Morgan fingerprint density at radius 1 is 1.00 bits per heavy atom. The summed E-state index contributed by atoms with van der Waals surface area (Å²) in [5.41, 5.74) is 1.99. The largest absolute Gasteiger partial charge is 0.493 e. The Bertz CT molecular complexity index is 563. The summed E-state index contributed by atoms with van der Waals surface area (Å²) in [6, 6.07) is 15.4. The Hall–Kier alpha value is -1.75. The van der Waals surface area contributed by atoms with Gasteiger partial charge >= 0.3 is 0 Å². The van der Waals surface area contributed by atoms with Gasteiger partial charge in [0.25, 0.3) is 0 Å². The van der Waals surface area contributed by atoms with Crippen LogP contribution in [0.1, 0.15) is 17.2 Å². The smallest absolute Gasteiger partial charge is 0.161 e. The van der Waals surface area contributed by atoms with Gasteiger partial charge < -0.3 is 19.9 Å². The molecule has 2 aromatic rings. The minimum Gasteiger partial charge on any atom is -0.493 e. The van der Waals surface area contributed by atoms with E-state index in [9.17, 15) is 5.11 Å². The summed E-state index contributed by atoms with van der Waals surface area (Å²) in [5.74, 6) is 1.42. The lowest BCUT2D eigenvalue weighted by Gasteiger charge is -2.13. The van der Waals surface area contributed by atoms with Crippen LogP contribution in [0.5, 0.6) is 11.5 Å². The first-order valence-electron chi connectivity index (χ1n) is 6.89. The van der Waals surface area contributed by atoms with Crippen molar-refractivity contribution in [2.45, 2.75) is 12.6 Å². The third-order valence-corrected chi connectivity index (χ3v) is 3.30. The van der Waals surface area contributed by atoms with Crippen molar-refractivity contribution in [3.63, 3.8) is 0 Å².